The summed E-state index contributed by atoms with van der Waals surface area (Å²) >= 11 is 13.1. The molecule has 4 N–H and O–H groups in total. The average Bonchev–Trinajstić information content (AvgIpc) is 2.94. The van der Waals surface area contributed by atoms with Crippen LogP contribution in [0.3, 0.4) is 0 Å². The zero-order valence-corrected chi connectivity index (χ0v) is 23.8. The number of rotatable bonds is 10. The Labute approximate surface area is 242 Å². The summed E-state index contributed by atoms with van der Waals surface area (Å²) in [6, 6.07) is 12.7. The molecule has 12 heteroatoms. The highest BCUT2D eigenvalue weighted by molar-refractivity contribution is 6.41. The Hall–Kier alpha value is -3.99. The van der Waals surface area contributed by atoms with Crippen LogP contribution in [0.4, 0.5) is 28.7 Å². The monoisotopic (exact) mass is 581 g/mol. The number of hydrogen-bond donors (Lipinski definition) is 3. The lowest BCUT2D eigenvalue weighted by atomic mass is 10.0. The Morgan fingerprint density at radius 2 is 1.73 bits per heavy atom. The van der Waals surface area contributed by atoms with Gasteiger partial charge in [0.05, 0.1) is 43.6 Å². The lowest BCUT2D eigenvalue weighted by molar-refractivity contribution is 0.0858. The van der Waals surface area contributed by atoms with Gasteiger partial charge in [0.25, 0.3) is 0 Å². The summed E-state index contributed by atoms with van der Waals surface area (Å²) in [5, 5.41) is 7.06. The minimum atomic E-state index is 0.290. The van der Waals surface area contributed by atoms with Crippen molar-refractivity contribution >= 4 is 51.9 Å². The van der Waals surface area contributed by atoms with Gasteiger partial charge in [0.1, 0.15) is 45.3 Å². The van der Waals surface area contributed by atoms with Crippen molar-refractivity contribution in [3.05, 3.63) is 65.0 Å². The first-order valence-electron chi connectivity index (χ1n) is 12.5. The fourth-order valence-electron chi connectivity index (χ4n) is 4.43. The third-order valence-electron chi connectivity index (χ3n) is 6.48. The molecule has 0 aliphatic carbocycles. The Morgan fingerprint density at radius 1 is 0.975 bits per heavy atom. The predicted octanol–water partition coefficient (Wildman–Crippen LogP) is 5.87. The van der Waals surface area contributed by atoms with Crippen LogP contribution in [0.15, 0.2) is 55.0 Å². The number of ether oxygens (including phenoxy) is 3. The van der Waals surface area contributed by atoms with Crippen LogP contribution in [0.1, 0.15) is 0 Å². The molecule has 0 amide bonds. The van der Waals surface area contributed by atoms with Crippen molar-refractivity contribution in [1.82, 2.24) is 19.9 Å². The normalized spacial score (nSPS) is 13.4. The summed E-state index contributed by atoms with van der Waals surface area (Å²) in [5.41, 5.74) is 9.26. The van der Waals surface area contributed by atoms with E-state index in [-0.39, 0.29) is 10.0 Å². The molecule has 1 aliphatic rings. The largest absolute Gasteiger partial charge is 0.495 e. The maximum absolute atomic E-state index is 6.57. The molecule has 208 valence electrons. The van der Waals surface area contributed by atoms with E-state index in [1.54, 1.807) is 18.3 Å². The molecule has 5 rings (SSSR count). The quantitative estimate of drug-likeness (QED) is 0.196. The number of halogens is 2. The maximum atomic E-state index is 6.57. The van der Waals surface area contributed by atoms with Crippen LogP contribution in [-0.4, -0.2) is 60.8 Å². The molecule has 40 heavy (non-hydrogen) atoms. The van der Waals surface area contributed by atoms with Crippen molar-refractivity contribution in [1.29, 1.82) is 0 Å². The summed E-state index contributed by atoms with van der Waals surface area (Å²) in [4.78, 5) is 15.6. The van der Waals surface area contributed by atoms with Gasteiger partial charge in [0, 0.05) is 49.0 Å². The lowest BCUT2D eigenvalue weighted by Crippen LogP contribution is -2.46. The number of methoxy groups -OCH3 is 2. The highest BCUT2D eigenvalue weighted by atomic mass is 35.5. The van der Waals surface area contributed by atoms with Crippen molar-refractivity contribution in [2.75, 3.05) is 57.3 Å². The van der Waals surface area contributed by atoms with Gasteiger partial charge in [-0.15, -0.1) is 0 Å². The molecule has 1 aliphatic heterocycles. The summed E-state index contributed by atoms with van der Waals surface area (Å²) in [6.45, 7) is 2.77. The van der Waals surface area contributed by atoms with Gasteiger partial charge >= 0.3 is 0 Å². The van der Waals surface area contributed by atoms with E-state index in [1.807, 2.05) is 30.3 Å². The smallest absolute Gasteiger partial charge is 0.143 e. The van der Waals surface area contributed by atoms with E-state index < -0.39 is 0 Å². The van der Waals surface area contributed by atoms with Gasteiger partial charge < -0.3 is 35.5 Å². The second-order valence-corrected chi connectivity index (χ2v) is 10.1. The van der Waals surface area contributed by atoms with Crippen molar-refractivity contribution in [2.45, 2.75) is 0 Å². The van der Waals surface area contributed by atoms with Gasteiger partial charge in [0.15, 0.2) is 0 Å². The van der Waals surface area contributed by atoms with Gasteiger partial charge in [-0.1, -0.05) is 23.2 Å². The maximum Gasteiger partial charge on any atom is 0.143 e. The van der Waals surface area contributed by atoms with Crippen molar-refractivity contribution in [3.63, 3.8) is 0 Å². The molecule has 0 saturated carbocycles. The number of likely N-dealkylation sites (tertiary alicyclic amines) is 1. The van der Waals surface area contributed by atoms with Crippen molar-refractivity contribution in [3.8, 4) is 28.5 Å². The van der Waals surface area contributed by atoms with Crippen molar-refractivity contribution < 1.29 is 14.2 Å². The standard InChI is InChI=1S/C28H29Cl2N7O3/c1-37-12-16(13-37)14-40-17-6-7-20(19(31)9-17)35-24-10-21(33-15-34-24)18-5-4-8-32-28(18)36-27-25(29)22(38-2)11-23(39-3)26(27)30/h4-11,15-16H,12-14,31H2,1-3H3,(H,32,36)(H,33,34,35). The second-order valence-electron chi connectivity index (χ2n) is 9.37. The molecule has 0 spiro atoms. The summed E-state index contributed by atoms with van der Waals surface area (Å²) in [6.07, 6.45) is 3.12. The molecule has 0 radical (unpaired) electrons. The first-order valence-corrected chi connectivity index (χ1v) is 13.2. The first kappa shape index (κ1) is 27.6. The van der Waals surface area contributed by atoms with E-state index in [2.05, 4.69) is 37.5 Å². The zero-order valence-electron chi connectivity index (χ0n) is 22.2. The van der Waals surface area contributed by atoms with E-state index >= 15 is 0 Å². The topological polar surface area (TPSA) is 120 Å². The lowest BCUT2D eigenvalue weighted by Gasteiger charge is -2.35. The minimum Gasteiger partial charge on any atom is -0.495 e. The number of aromatic nitrogens is 3. The zero-order chi connectivity index (χ0) is 28.2. The second kappa shape index (κ2) is 12.0. The Balaban J connectivity index is 1.36. The molecule has 0 unspecified atom stereocenters. The summed E-state index contributed by atoms with van der Waals surface area (Å²) < 4.78 is 16.7. The molecule has 1 fully saturated rings. The van der Waals surface area contributed by atoms with Crippen molar-refractivity contribution in [2.24, 2.45) is 5.92 Å². The van der Waals surface area contributed by atoms with Crippen LogP contribution in [0.25, 0.3) is 11.3 Å². The molecule has 0 bridgehead atoms. The number of nitrogen functional groups attached to an aromatic ring is 1. The molecule has 2 aromatic heterocycles. The number of nitrogens with two attached hydrogens (primary N) is 1. The van der Waals surface area contributed by atoms with Gasteiger partial charge in [-0.25, -0.2) is 15.0 Å². The van der Waals surface area contributed by atoms with Crippen LogP contribution >= 0.6 is 23.2 Å². The number of benzene rings is 2. The first-order chi connectivity index (χ1) is 19.4. The fourth-order valence-corrected chi connectivity index (χ4v) is 5.02. The van der Waals surface area contributed by atoms with E-state index in [0.717, 1.165) is 18.8 Å². The van der Waals surface area contributed by atoms with E-state index in [1.165, 1.54) is 20.5 Å². The predicted molar refractivity (Wildman–Crippen MR) is 159 cm³/mol. The van der Waals surface area contributed by atoms with Gasteiger partial charge in [-0.05, 0) is 31.3 Å². The van der Waals surface area contributed by atoms with E-state index in [4.69, 9.17) is 43.1 Å². The summed E-state index contributed by atoms with van der Waals surface area (Å²) in [7, 11) is 5.13. The number of nitrogens with zero attached hydrogens (tertiary/aromatic N) is 4. The number of hydrogen-bond acceptors (Lipinski definition) is 10. The molecular formula is C28H29Cl2N7O3. The van der Waals surface area contributed by atoms with Gasteiger partial charge in [0.2, 0.25) is 0 Å². The Kier molecular flexibility index (Phi) is 8.29. The molecule has 4 aromatic rings. The van der Waals surface area contributed by atoms with E-state index in [9.17, 15) is 0 Å². The highest BCUT2D eigenvalue weighted by Gasteiger charge is 2.24. The summed E-state index contributed by atoms with van der Waals surface area (Å²) in [5.74, 6) is 3.12. The Morgan fingerprint density at radius 3 is 2.40 bits per heavy atom. The number of pyridine rings is 1. The minimum absolute atomic E-state index is 0.290. The highest BCUT2D eigenvalue weighted by Crippen LogP contribution is 2.45. The van der Waals surface area contributed by atoms with Gasteiger partial charge in [-0.2, -0.15) is 0 Å². The fraction of sp³-hybridized carbons (Fsp3) is 0.250. The van der Waals surface area contributed by atoms with Crippen LogP contribution in [-0.2, 0) is 0 Å². The molecular weight excluding hydrogens is 553 g/mol. The van der Waals surface area contributed by atoms with Crippen LogP contribution in [0.5, 0.6) is 17.2 Å². The van der Waals surface area contributed by atoms with Crippen LogP contribution in [0.2, 0.25) is 10.0 Å². The SMILES string of the molecule is COc1cc(OC)c(Cl)c(Nc2ncccc2-c2cc(Nc3ccc(OCC4CN(C)C4)cc3N)ncn2)c1Cl. The molecule has 1 saturated heterocycles. The van der Waals surface area contributed by atoms with Crippen LogP contribution < -0.4 is 30.6 Å². The Bertz CT molecular complexity index is 1490. The molecule has 3 heterocycles. The van der Waals surface area contributed by atoms with Gasteiger partial charge in [-0.3, -0.25) is 0 Å². The van der Waals surface area contributed by atoms with Crippen LogP contribution in [0, 0.1) is 5.92 Å². The third-order valence-corrected chi connectivity index (χ3v) is 7.23. The molecule has 0 atom stereocenters. The van der Waals surface area contributed by atoms with E-state index in [0.29, 0.717) is 64.0 Å². The molecule has 10 nitrogen and oxygen atoms in total. The number of anilines is 5. The third kappa shape index (κ3) is 5.94. The molecule has 2 aromatic carbocycles. The number of nitrogens with one attached hydrogen (secondary N) is 2. The average molecular weight is 582 g/mol.